The van der Waals surface area contributed by atoms with Gasteiger partial charge in [-0.15, -0.1) is 0 Å². The van der Waals surface area contributed by atoms with Crippen LogP contribution in [0.4, 0.5) is 11.4 Å². The Labute approximate surface area is 118 Å². The maximum Gasteiger partial charge on any atom is 0.262 e. The summed E-state index contributed by atoms with van der Waals surface area (Å²) in [5.74, 6) is -0.209. The molecule has 1 amide bonds. The third kappa shape index (κ3) is 2.59. The van der Waals surface area contributed by atoms with Gasteiger partial charge in [-0.05, 0) is 43.7 Å². The lowest BCUT2D eigenvalue weighted by molar-refractivity contribution is 0.0985. The molecule has 104 valence electrons. The molecule has 0 saturated carbocycles. The standard InChI is InChI=1S/C16H18N2O2/c1-3-18(13-8-5-7-12(17)10-13)16(20)14-9-4-6-11(2)15(14)19/h4-10,19H,3,17H2,1-2H3. The molecule has 0 fully saturated rings. The fraction of sp³-hybridized carbons (Fsp3) is 0.188. The van der Waals surface area contributed by atoms with Crippen molar-refractivity contribution in [3.8, 4) is 5.75 Å². The molecule has 3 N–H and O–H groups in total. The van der Waals surface area contributed by atoms with E-state index in [-0.39, 0.29) is 11.7 Å². The van der Waals surface area contributed by atoms with Crippen LogP contribution in [0.15, 0.2) is 42.5 Å². The van der Waals surface area contributed by atoms with Crippen LogP contribution >= 0.6 is 0 Å². The molecule has 0 aliphatic heterocycles. The molecule has 0 aliphatic carbocycles. The molecule has 0 aromatic heterocycles. The number of nitrogen functional groups attached to an aromatic ring is 1. The zero-order valence-electron chi connectivity index (χ0n) is 11.6. The summed E-state index contributed by atoms with van der Waals surface area (Å²) in [6.45, 7) is 4.15. The molecule has 2 aromatic rings. The van der Waals surface area contributed by atoms with Crippen molar-refractivity contribution in [3.63, 3.8) is 0 Å². The fourth-order valence-corrected chi connectivity index (χ4v) is 2.11. The van der Waals surface area contributed by atoms with Crippen LogP contribution in [-0.2, 0) is 0 Å². The second kappa shape index (κ2) is 5.65. The Morgan fingerprint density at radius 1 is 1.25 bits per heavy atom. The van der Waals surface area contributed by atoms with Crippen molar-refractivity contribution in [2.45, 2.75) is 13.8 Å². The van der Waals surface area contributed by atoms with Crippen LogP contribution in [0.25, 0.3) is 0 Å². The summed E-state index contributed by atoms with van der Waals surface area (Å²) in [7, 11) is 0. The minimum Gasteiger partial charge on any atom is -0.507 e. The number of carbonyl (C=O) groups excluding carboxylic acids is 1. The van der Waals surface area contributed by atoms with Crippen LogP contribution in [0.1, 0.15) is 22.8 Å². The van der Waals surface area contributed by atoms with Gasteiger partial charge in [-0.25, -0.2) is 0 Å². The summed E-state index contributed by atoms with van der Waals surface area (Å²) in [5, 5.41) is 10.0. The predicted molar refractivity (Wildman–Crippen MR) is 81.0 cm³/mol. The van der Waals surface area contributed by atoms with E-state index >= 15 is 0 Å². The number of phenolic OH excluding ortho intramolecular Hbond substituents is 1. The molecule has 0 spiro atoms. The van der Waals surface area contributed by atoms with Gasteiger partial charge >= 0.3 is 0 Å². The highest BCUT2D eigenvalue weighted by Crippen LogP contribution is 2.26. The van der Waals surface area contributed by atoms with E-state index < -0.39 is 0 Å². The molecular formula is C16H18N2O2. The summed E-state index contributed by atoms with van der Waals surface area (Å²) in [4.78, 5) is 14.2. The predicted octanol–water partition coefficient (Wildman–Crippen LogP) is 2.95. The van der Waals surface area contributed by atoms with Gasteiger partial charge in [0.1, 0.15) is 5.75 Å². The van der Waals surface area contributed by atoms with E-state index in [4.69, 9.17) is 5.73 Å². The van der Waals surface area contributed by atoms with Gasteiger partial charge in [0.05, 0.1) is 5.56 Å². The molecule has 0 aliphatic rings. The Bertz CT molecular complexity index is 638. The molecule has 2 rings (SSSR count). The topological polar surface area (TPSA) is 66.6 Å². The summed E-state index contributed by atoms with van der Waals surface area (Å²) >= 11 is 0. The number of phenols is 1. The molecule has 4 heteroatoms. The van der Waals surface area contributed by atoms with E-state index in [0.29, 0.717) is 23.4 Å². The number of amides is 1. The Hall–Kier alpha value is -2.49. The number of hydrogen-bond donors (Lipinski definition) is 2. The smallest absolute Gasteiger partial charge is 0.262 e. The Morgan fingerprint density at radius 3 is 2.60 bits per heavy atom. The molecule has 20 heavy (non-hydrogen) atoms. The van der Waals surface area contributed by atoms with Crippen LogP contribution in [0.5, 0.6) is 5.75 Å². The van der Waals surface area contributed by atoms with Crippen molar-refractivity contribution >= 4 is 17.3 Å². The minimum atomic E-state index is -0.237. The van der Waals surface area contributed by atoms with Gasteiger partial charge in [0, 0.05) is 17.9 Å². The number of nitrogens with zero attached hydrogens (tertiary/aromatic N) is 1. The van der Waals surface area contributed by atoms with E-state index in [9.17, 15) is 9.90 Å². The minimum absolute atomic E-state index is 0.0276. The number of anilines is 2. The zero-order chi connectivity index (χ0) is 14.7. The van der Waals surface area contributed by atoms with E-state index in [1.165, 1.54) is 0 Å². The lowest BCUT2D eigenvalue weighted by Gasteiger charge is -2.22. The average Bonchev–Trinajstić information content (AvgIpc) is 2.42. The molecule has 0 unspecified atom stereocenters. The Kier molecular flexibility index (Phi) is 3.94. The highest BCUT2D eigenvalue weighted by Gasteiger charge is 2.20. The van der Waals surface area contributed by atoms with E-state index in [0.717, 1.165) is 5.69 Å². The van der Waals surface area contributed by atoms with Crippen molar-refractivity contribution < 1.29 is 9.90 Å². The van der Waals surface area contributed by atoms with E-state index in [2.05, 4.69) is 0 Å². The summed E-state index contributed by atoms with van der Waals surface area (Å²) in [5.41, 5.74) is 8.06. The molecule has 0 heterocycles. The lowest BCUT2D eigenvalue weighted by Crippen LogP contribution is -2.30. The maximum atomic E-state index is 12.6. The zero-order valence-corrected chi connectivity index (χ0v) is 11.6. The third-order valence-electron chi connectivity index (χ3n) is 3.21. The number of rotatable bonds is 3. The molecular weight excluding hydrogens is 252 g/mol. The van der Waals surface area contributed by atoms with Gasteiger partial charge < -0.3 is 15.7 Å². The average molecular weight is 270 g/mol. The van der Waals surface area contributed by atoms with Crippen LogP contribution in [0.2, 0.25) is 0 Å². The third-order valence-corrected chi connectivity index (χ3v) is 3.21. The van der Waals surface area contributed by atoms with Crippen molar-refractivity contribution in [2.24, 2.45) is 0 Å². The molecule has 4 nitrogen and oxygen atoms in total. The molecule has 0 radical (unpaired) electrons. The summed E-state index contributed by atoms with van der Waals surface area (Å²) < 4.78 is 0. The van der Waals surface area contributed by atoms with Gasteiger partial charge in [0.25, 0.3) is 5.91 Å². The number of aromatic hydroxyl groups is 1. The van der Waals surface area contributed by atoms with Crippen molar-refractivity contribution in [2.75, 3.05) is 17.2 Å². The Balaban J connectivity index is 2.42. The largest absolute Gasteiger partial charge is 0.507 e. The second-order valence-electron chi connectivity index (χ2n) is 4.62. The van der Waals surface area contributed by atoms with Gasteiger partial charge in [-0.3, -0.25) is 4.79 Å². The summed E-state index contributed by atoms with van der Waals surface area (Å²) in [6, 6.07) is 12.3. The number of hydrogen-bond acceptors (Lipinski definition) is 3. The normalized spacial score (nSPS) is 10.3. The maximum absolute atomic E-state index is 12.6. The molecule has 0 atom stereocenters. The fourth-order valence-electron chi connectivity index (χ4n) is 2.11. The van der Waals surface area contributed by atoms with Gasteiger partial charge in [-0.2, -0.15) is 0 Å². The van der Waals surface area contributed by atoms with Crippen molar-refractivity contribution in [1.82, 2.24) is 0 Å². The molecule has 0 bridgehead atoms. The first kappa shape index (κ1) is 13.9. The van der Waals surface area contributed by atoms with Crippen LogP contribution < -0.4 is 10.6 Å². The van der Waals surface area contributed by atoms with Crippen LogP contribution in [0, 0.1) is 6.92 Å². The Morgan fingerprint density at radius 2 is 1.95 bits per heavy atom. The first-order chi connectivity index (χ1) is 9.54. The molecule has 2 aromatic carbocycles. The number of para-hydroxylation sites is 1. The molecule has 0 saturated heterocycles. The number of aryl methyl sites for hydroxylation is 1. The quantitative estimate of drug-likeness (QED) is 0.843. The summed E-state index contributed by atoms with van der Waals surface area (Å²) in [6.07, 6.45) is 0. The van der Waals surface area contributed by atoms with Gasteiger partial charge in [0.2, 0.25) is 0 Å². The number of benzene rings is 2. The lowest BCUT2D eigenvalue weighted by atomic mass is 10.1. The van der Waals surface area contributed by atoms with Crippen LogP contribution in [0.3, 0.4) is 0 Å². The van der Waals surface area contributed by atoms with E-state index in [1.54, 1.807) is 48.2 Å². The van der Waals surface area contributed by atoms with Crippen molar-refractivity contribution in [1.29, 1.82) is 0 Å². The monoisotopic (exact) mass is 270 g/mol. The first-order valence-corrected chi connectivity index (χ1v) is 6.50. The second-order valence-corrected chi connectivity index (χ2v) is 4.62. The number of nitrogens with two attached hydrogens (primary N) is 1. The highest BCUT2D eigenvalue weighted by molar-refractivity contribution is 6.08. The van der Waals surface area contributed by atoms with Gasteiger partial charge in [-0.1, -0.05) is 18.2 Å². The van der Waals surface area contributed by atoms with Crippen LogP contribution in [-0.4, -0.2) is 17.6 Å². The number of carbonyl (C=O) groups is 1. The highest BCUT2D eigenvalue weighted by atomic mass is 16.3. The van der Waals surface area contributed by atoms with Gasteiger partial charge in [0.15, 0.2) is 0 Å². The van der Waals surface area contributed by atoms with Crippen molar-refractivity contribution in [3.05, 3.63) is 53.6 Å². The van der Waals surface area contributed by atoms with E-state index in [1.807, 2.05) is 13.0 Å². The SMILES string of the molecule is CCN(C(=O)c1cccc(C)c1O)c1cccc(N)c1. The first-order valence-electron chi connectivity index (χ1n) is 6.50.